The Morgan fingerprint density at radius 1 is 1.28 bits per heavy atom. The van der Waals surface area contributed by atoms with Crippen LogP contribution < -0.4 is 31.7 Å². The molecule has 1 aliphatic carbocycles. The zero-order valence-corrected chi connectivity index (χ0v) is 16.5. The molecule has 0 unspecified atom stereocenters. The summed E-state index contributed by atoms with van der Waals surface area (Å²) in [6.45, 7) is 2.27. The molecule has 1 saturated carbocycles. The molecule has 3 rings (SSSR count). The molecule has 1 aromatic carbocycles. The normalized spacial score (nSPS) is 14.6. The highest BCUT2D eigenvalue weighted by molar-refractivity contribution is 5.92. The molecule has 0 saturated heterocycles. The molecule has 0 radical (unpaired) electrons. The highest BCUT2D eigenvalue weighted by Crippen LogP contribution is 2.28. The quantitative estimate of drug-likeness (QED) is 0.721. The molecule has 5 nitrogen and oxygen atoms in total. The maximum absolute atomic E-state index is 12.5. The molecule has 1 fully saturated rings. The van der Waals surface area contributed by atoms with Crippen molar-refractivity contribution in [2.75, 3.05) is 12.4 Å². The van der Waals surface area contributed by atoms with E-state index in [0.717, 1.165) is 11.3 Å². The first kappa shape index (κ1) is 19.5. The number of nitrogens with one attached hydrogen (secondary N) is 1. The van der Waals surface area contributed by atoms with Crippen molar-refractivity contribution in [3.8, 4) is 5.75 Å². The van der Waals surface area contributed by atoms with E-state index in [4.69, 9.17) is 4.74 Å². The highest BCUT2D eigenvalue weighted by Gasteiger charge is 2.23. The minimum atomic E-state index is -0.0386. The van der Waals surface area contributed by atoms with Crippen molar-refractivity contribution in [1.29, 1.82) is 0 Å². The summed E-state index contributed by atoms with van der Waals surface area (Å²) >= 11 is 0. The van der Waals surface area contributed by atoms with E-state index in [1.165, 1.54) is 32.1 Å². The number of hydrogen-bond donors (Lipinski definition) is 1. The van der Waals surface area contributed by atoms with E-state index in [-0.39, 0.29) is 22.9 Å². The zero-order valence-electron chi connectivity index (χ0n) is 14.9. The molecular formula is C19H26BrN3O2. The van der Waals surface area contributed by atoms with Crippen LogP contribution in [0, 0.1) is 6.92 Å². The molecule has 1 heterocycles. The average molecular weight is 408 g/mol. The molecule has 0 aliphatic heterocycles. The van der Waals surface area contributed by atoms with E-state index in [1.807, 2.05) is 42.1 Å². The molecule has 2 aromatic rings. The first-order valence-corrected chi connectivity index (χ1v) is 8.69. The highest BCUT2D eigenvalue weighted by atomic mass is 79.9. The van der Waals surface area contributed by atoms with E-state index < -0.39 is 0 Å². The Balaban J connectivity index is 0.00000225. The molecule has 1 aliphatic rings. The Labute approximate surface area is 159 Å². The molecule has 1 N–H and O–H groups in total. The molecule has 25 heavy (non-hydrogen) atoms. The number of benzene rings is 1. The molecule has 0 bridgehead atoms. The number of hydrogen-bond acceptors (Lipinski definition) is 2. The van der Waals surface area contributed by atoms with Gasteiger partial charge in [-0.25, -0.2) is 0 Å². The van der Waals surface area contributed by atoms with Crippen molar-refractivity contribution < 1.29 is 31.2 Å². The van der Waals surface area contributed by atoms with Gasteiger partial charge in [-0.15, -0.1) is 4.68 Å². The summed E-state index contributed by atoms with van der Waals surface area (Å²) in [5, 5.41) is 3.00. The molecule has 136 valence electrons. The SMILES string of the molecule is COc1cccc(C)c1NC(=O)C[n+]1cccn1C1CCCCC1.[Br-]. The number of methoxy groups -OCH3 is 1. The Hall–Kier alpha value is -1.82. The predicted molar refractivity (Wildman–Crippen MR) is 93.1 cm³/mol. The third-order valence-corrected chi connectivity index (χ3v) is 4.77. The lowest BCUT2D eigenvalue weighted by Gasteiger charge is -2.21. The molecule has 1 aromatic heterocycles. The number of carbonyl (C=O) groups is 1. The second-order valence-electron chi connectivity index (χ2n) is 6.46. The number of rotatable bonds is 5. The largest absolute Gasteiger partial charge is 1.00 e. The minimum Gasteiger partial charge on any atom is -1.00 e. The summed E-state index contributed by atoms with van der Waals surface area (Å²) in [6.07, 6.45) is 10.3. The van der Waals surface area contributed by atoms with Gasteiger partial charge in [-0.2, -0.15) is 4.68 Å². The maximum atomic E-state index is 12.5. The van der Waals surface area contributed by atoms with Crippen molar-refractivity contribution in [2.45, 2.75) is 51.6 Å². The Kier molecular flexibility index (Phi) is 7.05. The fourth-order valence-corrected chi connectivity index (χ4v) is 3.50. The zero-order chi connectivity index (χ0) is 16.9. The number of carbonyl (C=O) groups excluding carboxylic acids is 1. The van der Waals surface area contributed by atoms with Crippen LogP contribution in [-0.2, 0) is 11.3 Å². The molecule has 0 atom stereocenters. The van der Waals surface area contributed by atoms with Crippen LogP contribution in [0.2, 0.25) is 0 Å². The number of anilines is 1. The molecule has 6 heteroatoms. The average Bonchev–Trinajstić information content (AvgIpc) is 3.05. The van der Waals surface area contributed by atoms with Crippen LogP contribution >= 0.6 is 0 Å². The standard InChI is InChI=1S/C19H25N3O2.BrH/c1-15-8-6-11-17(24-2)19(15)20-18(23)14-21-12-7-13-22(21)16-9-4-3-5-10-16;/h6-8,11-13,16H,3-5,9-10,14H2,1-2H3;1H. The minimum absolute atomic E-state index is 0. The summed E-state index contributed by atoms with van der Waals surface area (Å²) in [5.74, 6) is 0.652. The fraction of sp³-hybridized carbons (Fsp3) is 0.474. The van der Waals surface area contributed by atoms with Crippen molar-refractivity contribution in [1.82, 2.24) is 4.68 Å². The van der Waals surface area contributed by atoms with Crippen LogP contribution in [0.25, 0.3) is 0 Å². The van der Waals surface area contributed by atoms with Gasteiger partial charge in [0.25, 0.3) is 5.91 Å². The number of aryl methyl sites for hydroxylation is 1. The van der Waals surface area contributed by atoms with Crippen LogP contribution in [0.3, 0.4) is 0 Å². The van der Waals surface area contributed by atoms with Crippen molar-refractivity contribution in [2.24, 2.45) is 0 Å². The van der Waals surface area contributed by atoms with E-state index in [9.17, 15) is 4.79 Å². The van der Waals surface area contributed by atoms with Gasteiger partial charge in [-0.1, -0.05) is 31.4 Å². The van der Waals surface area contributed by atoms with Crippen LogP contribution in [-0.4, -0.2) is 17.7 Å². The van der Waals surface area contributed by atoms with Gasteiger partial charge in [-0.3, -0.25) is 4.79 Å². The number of amides is 1. The lowest BCUT2D eigenvalue weighted by Crippen LogP contribution is -3.00. The first-order chi connectivity index (χ1) is 11.7. The van der Waals surface area contributed by atoms with Crippen LogP contribution in [0.1, 0.15) is 43.7 Å². The molecule has 1 amide bonds. The predicted octanol–water partition coefficient (Wildman–Crippen LogP) is 0.241. The monoisotopic (exact) mass is 407 g/mol. The topological polar surface area (TPSA) is 47.1 Å². The fourth-order valence-electron chi connectivity index (χ4n) is 3.50. The lowest BCUT2D eigenvalue weighted by molar-refractivity contribution is -0.767. The van der Waals surface area contributed by atoms with Crippen LogP contribution in [0.4, 0.5) is 5.69 Å². The Bertz CT molecular complexity index is 708. The van der Waals surface area contributed by atoms with Gasteiger partial charge >= 0.3 is 0 Å². The first-order valence-electron chi connectivity index (χ1n) is 8.69. The van der Waals surface area contributed by atoms with Gasteiger partial charge in [0.1, 0.15) is 5.75 Å². The smallest absolute Gasteiger partial charge is 0.292 e. The number of nitrogens with zero attached hydrogens (tertiary/aromatic N) is 2. The van der Waals surface area contributed by atoms with Crippen molar-refractivity contribution >= 4 is 11.6 Å². The van der Waals surface area contributed by atoms with Crippen LogP contribution in [0.15, 0.2) is 36.7 Å². The summed E-state index contributed by atoms with van der Waals surface area (Å²) in [6, 6.07) is 8.27. The van der Waals surface area contributed by atoms with E-state index in [1.54, 1.807) is 7.11 Å². The van der Waals surface area contributed by atoms with Gasteiger partial charge in [0, 0.05) is 6.07 Å². The van der Waals surface area contributed by atoms with Gasteiger partial charge < -0.3 is 27.0 Å². The van der Waals surface area contributed by atoms with Crippen LogP contribution in [0.5, 0.6) is 5.75 Å². The Morgan fingerprint density at radius 2 is 2.04 bits per heavy atom. The van der Waals surface area contributed by atoms with E-state index in [0.29, 0.717) is 18.3 Å². The Morgan fingerprint density at radius 3 is 2.76 bits per heavy atom. The number of para-hydroxylation sites is 1. The van der Waals surface area contributed by atoms with Gasteiger partial charge in [0.05, 0.1) is 25.0 Å². The van der Waals surface area contributed by atoms with Crippen molar-refractivity contribution in [3.05, 3.63) is 42.2 Å². The third-order valence-electron chi connectivity index (χ3n) is 4.77. The second kappa shape index (κ2) is 9.04. The lowest BCUT2D eigenvalue weighted by atomic mass is 9.96. The molecule has 0 spiro atoms. The summed E-state index contributed by atoms with van der Waals surface area (Å²) in [5.41, 5.74) is 1.75. The third kappa shape index (κ3) is 4.63. The molecular weight excluding hydrogens is 382 g/mol. The van der Waals surface area contributed by atoms with Crippen molar-refractivity contribution in [3.63, 3.8) is 0 Å². The summed E-state index contributed by atoms with van der Waals surface area (Å²) in [7, 11) is 1.62. The van der Waals surface area contributed by atoms with Gasteiger partial charge in [0.15, 0.2) is 6.20 Å². The van der Waals surface area contributed by atoms with Gasteiger partial charge in [0.2, 0.25) is 6.54 Å². The second-order valence-corrected chi connectivity index (χ2v) is 6.46. The summed E-state index contributed by atoms with van der Waals surface area (Å²) in [4.78, 5) is 12.5. The maximum Gasteiger partial charge on any atom is 0.292 e. The van der Waals surface area contributed by atoms with E-state index >= 15 is 0 Å². The number of halogens is 1. The summed E-state index contributed by atoms with van der Waals surface area (Å²) < 4.78 is 9.58. The number of ether oxygens (including phenoxy) is 1. The number of aromatic nitrogens is 2. The van der Waals surface area contributed by atoms with E-state index in [2.05, 4.69) is 16.2 Å². The van der Waals surface area contributed by atoms with Gasteiger partial charge in [-0.05, 0) is 31.4 Å².